The summed E-state index contributed by atoms with van der Waals surface area (Å²) < 4.78 is 26.0. The van der Waals surface area contributed by atoms with E-state index in [1.54, 1.807) is 31.7 Å². The number of benzene rings is 2. The Morgan fingerprint density at radius 3 is 2.44 bits per heavy atom. The normalized spacial score (nSPS) is 16.9. The third-order valence-corrected chi connectivity index (χ3v) is 7.13. The number of piperazine rings is 1. The molecule has 0 spiro atoms. The maximum absolute atomic E-state index is 14.6. The van der Waals surface area contributed by atoms with Gasteiger partial charge in [0.15, 0.2) is 0 Å². The number of hydrogen-bond donors (Lipinski definition) is 2. The van der Waals surface area contributed by atoms with E-state index in [1.165, 1.54) is 24.0 Å². The maximum Gasteiger partial charge on any atom is 0.411 e. The van der Waals surface area contributed by atoms with Gasteiger partial charge in [0.05, 0.1) is 12.6 Å². The molecule has 0 bridgehead atoms. The summed E-state index contributed by atoms with van der Waals surface area (Å²) in [6, 6.07) is 11.3. The fourth-order valence-electron chi connectivity index (χ4n) is 5.15. The van der Waals surface area contributed by atoms with Crippen molar-refractivity contribution in [2.24, 2.45) is 0 Å². The van der Waals surface area contributed by atoms with Gasteiger partial charge < -0.3 is 24.8 Å². The van der Waals surface area contributed by atoms with Crippen molar-refractivity contribution in [3.8, 4) is 5.75 Å². The van der Waals surface area contributed by atoms with E-state index in [-0.39, 0.29) is 19.5 Å². The van der Waals surface area contributed by atoms with E-state index in [0.29, 0.717) is 24.5 Å². The first kappa shape index (κ1) is 33.8. The van der Waals surface area contributed by atoms with Gasteiger partial charge in [0, 0.05) is 32.6 Å². The molecule has 9 nitrogen and oxygen atoms in total. The van der Waals surface area contributed by atoms with Gasteiger partial charge in [-0.3, -0.25) is 14.5 Å². The highest BCUT2D eigenvalue weighted by Gasteiger charge is 2.46. The maximum atomic E-state index is 14.6. The molecule has 0 unspecified atom stereocenters. The zero-order chi connectivity index (χ0) is 31.6. The summed E-state index contributed by atoms with van der Waals surface area (Å²) in [6.45, 7) is 9.67. The summed E-state index contributed by atoms with van der Waals surface area (Å²) in [6.07, 6.45) is 1.78. The number of aliphatic hydroxyl groups excluding tert-OH is 1. The van der Waals surface area contributed by atoms with Crippen molar-refractivity contribution in [3.05, 3.63) is 65.5 Å². The van der Waals surface area contributed by atoms with Crippen molar-refractivity contribution in [1.82, 2.24) is 15.1 Å². The topological polar surface area (TPSA) is 108 Å². The fraction of sp³-hybridized carbons (Fsp3) is 0.545. The molecule has 1 fully saturated rings. The van der Waals surface area contributed by atoms with Crippen LogP contribution in [-0.2, 0) is 27.3 Å². The van der Waals surface area contributed by atoms with E-state index in [9.17, 15) is 23.9 Å². The van der Waals surface area contributed by atoms with Crippen LogP contribution in [0.25, 0.3) is 0 Å². The van der Waals surface area contributed by atoms with Crippen LogP contribution in [0.5, 0.6) is 5.75 Å². The van der Waals surface area contributed by atoms with Gasteiger partial charge in [-0.05, 0) is 56.9 Å². The summed E-state index contributed by atoms with van der Waals surface area (Å²) in [7, 11) is 0. The first-order valence-electron chi connectivity index (χ1n) is 15.1. The fourth-order valence-corrected chi connectivity index (χ4v) is 5.15. The van der Waals surface area contributed by atoms with E-state index in [2.05, 4.69) is 12.2 Å². The van der Waals surface area contributed by atoms with Crippen LogP contribution in [0.3, 0.4) is 0 Å². The third kappa shape index (κ3) is 10.5. The Labute approximate surface area is 254 Å². The van der Waals surface area contributed by atoms with Crippen molar-refractivity contribution in [3.63, 3.8) is 0 Å². The van der Waals surface area contributed by atoms with Gasteiger partial charge in [-0.25, -0.2) is 9.18 Å². The van der Waals surface area contributed by atoms with Crippen LogP contribution in [0.4, 0.5) is 9.18 Å². The Kier molecular flexibility index (Phi) is 12.4. The molecule has 2 aromatic carbocycles. The number of carbonyl (C=O) groups is 3. The molecule has 236 valence electrons. The second kappa shape index (κ2) is 15.7. The lowest BCUT2D eigenvalue weighted by Crippen LogP contribution is -2.66. The Morgan fingerprint density at radius 1 is 1.07 bits per heavy atom. The van der Waals surface area contributed by atoms with Gasteiger partial charge in [0.1, 0.15) is 29.3 Å². The largest absolute Gasteiger partial charge is 0.493 e. The quantitative estimate of drug-likeness (QED) is 0.319. The first-order valence-corrected chi connectivity index (χ1v) is 15.1. The second-order valence-corrected chi connectivity index (χ2v) is 12.1. The number of nitrogens with one attached hydrogen (secondary N) is 1. The molecular formula is C33H46FN3O6. The number of hydrogen-bond acceptors (Lipinski definition) is 6. The third-order valence-electron chi connectivity index (χ3n) is 7.13. The van der Waals surface area contributed by atoms with E-state index in [1.807, 2.05) is 30.3 Å². The van der Waals surface area contributed by atoms with Gasteiger partial charge in [0.25, 0.3) is 0 Å². The molecule has 0 aliphatic carbocycles. The van der Waals surface area contributed by atoms with Gasteiger partial charge in [-0.15, -0.1) is 0 Å². The predicted molar refractivity (Wildman–Crippen MR) is 162 cm³/mol. The second-order valence-electron chi connectivity index (χ2n) is 12.1. The number of nitrogens with zero attached hydrogens (tertiary/aromatic N) is 2. The highest BCUT2D eigenvalue weighted by molar-refractivity contribution is 5.88. The number of unbranched alkanes of at least 4 members (excludes halogenated alkanes) is 3. The monoisotopic (exact) mass is 599 g/mol. The van der Waals surface area contributed by atoms with Crippen molar-refractivity contribution in [2.75, 3.05) is 19.7 Å². The highest BCUT2D eigenvalue weighted by Crippen LogP contribution is 2.25. The number of aliphatic hydroxyl groups is 1. The minimum atomic E-state index is -1.52. The molecule has 0 radical (unpaired) electrons. The lowest BCUT2D eigenvalue weighted by Gasteiger charge is -2.44. The number of amides is 3. The molecule has 3 amide bonds. The van der Waals surface area contributed by atoms with E-state index >= 15 is 0 Å². The van der Waals surface area contributed by atoms with E-state index in [0.717, 1.165) is 31.2 Å². The molecule has 43 heavy (non-hydrogen) atoms. The number of ether oxygens (including phenoxy) is 2. The minimum Gasteiger partial charge on any atom is -0.493 e. The summed E-state index contributed by atoms with van der Waals surface area (Å²) in [5.74, 6) is -1.09. The van der Waals surface area contributed by atoms with Gasteiger partial charge >= 0.3 is 6.09 Å². The molecular weight excluding hydrogens is 553 g/mol. The molecule has 1 aliphatic heterocycles. The lowest BCUT2D eigenvalue weighted by atomic mass is 9.93. The average molecular weight is 600 g/mol. The zero-order valence-electron chi connectivity index (χ0n) is 26.0. The van der Waals surface area contributed by atoms with Crippen LogP contribution in [0.2, 0.25) is 0 Å². The summed E-state index contributed by atoms with van der Waals surface area (Å²) >= 11 is 0. The van der Waals surface area contributed by atoms with Crippen LogP contribution in [-0.4, -0.2) is 76.3 Å². The molecule has 0 aromatic heterocycles. The Bertz CT molecular complexity index is 1220. The standard InChI is InChI=1S/C33H46FN3O6/c1-6-7-8-12-17-42-27-19-25(18-26(34)21-27)20-28(35-23(2)38)30(39)29-31(40)36(22-24-13-10-9-11-14-24)15-16-37(29)32(41)43-33(3,4)5/h9-11,13-14,18-19,21,28-30,39H,6-8,12,15-17,20,22H2,1-5H3,(H,35,38)/t28-,29-,30-/m0/s1. The van der Waals surface area contributed by atoms with Crippen LogP contribution in [0.1, 0.15) is 71.4 Å². The molecule has 3 rings (SSSR count). The van der Waals surface area contributed by atoms with Crippen LogP contribution < -0.4 is 10.1 Å². The summed E-state index contributed by atoms with van der Waals surface area (Å²) in [4.78, 5) is 42.3. The Morgan fingerprint density at radius 2 is 1.79 bits per heavy atom. The van der Waals surface area contributed by atoms with Crippen molar-refractivity contribution >= 4 is 17.9 Å². The lowest BCUT2D eigenvalue weighted by molar-refractivity contribution is -0.149. The van der Waals surface area contributed by atoms with Crippen LogP contribution in [0.15, 0.2) is 48.5 Å². The molecule has 2 aromatic rings. The first-order chi connectivity index (χ1) is 20.4. The van der Waals surface area contributed by atoms with Crippen molar-refractivity contribution < 1.29 is 33.4 Å². The number of rotatable bonds is 13. The number of carbonyl (C=O) groups excluding carboxylic acids is 3. The molecule has 3 atom stereocenters. The van der Waals surface area contributed by atoms with Crippen LogP contribution in [0, 0.1) is 5.82 Å². The van der Waals surface area contributed by atoms with Crippen LogP contribution >= 0.6 is 0 Å². The van der Waals surface area contributed by atoms with E-state index < -0.39 is 47.5 Å². The van der Waals surface area contributed by atoms with Gasteiger partial charge in [0.2, 0.25) is 11.8 Å². The molecule has 2 N–H and O–H groups in total. The molecule has 1 saturated heterocycles. The van der Waals surface area contributed by atoms with Gasteiger partial charge in [-0.2, -0.15) is 0 Å². The molecule has 10 heteroatoms. The minimum absolute atomic E-state index is 0.00464. The molecule has 0 saturated carbocycles. The zero-order valence-corrected chi connectivity index (χ0v) is 26.0. The summed E-state index contributed by atoms with van der Waals surface area (Å²) in [5.41, 5.74) is 0.535. The van der Waals surface area contributed by atoms with E-state index in [4.69, 9.17) is 9.47 Å². The van der Waals surface area contributed by atoms with Crippen molar-refractivity contribution in [1.29, 1.82) is 0 Å². The Balaban J connectivity index is 1.88. The number of halogens is 1. The van der Waals surface area contributed by atoms with Gasteiger partial charge in [-0.1, -0.05) is 56.5 Å². The predicted octanol–water partition coefficient (Wildman–Crippen LogP) is 4.84. The smallest absolute Gasteiger partial charge is 0.411 e. The molecule has 1 heterocycles. The molecule has 1 aliphatic rings. The SMILES string of the molecule is CCCCCCOc1cc(F)cc(C[C@H](NC(C)=O)[C@H](O)[C@H]2C(=O)N(Cc3ccccc3)CCN2C(=O)OC(C)(C)C)c1. The van der Waals surface area contributed by atoms with Crippen molar-refractivity contribution in [2.45, 2.75) is 97.1 Å². The highest BCUT2D eigenvalue weighted by atomic mass is 19.1. The Hall–Kier alpha value is -3.66. The average Bonchev–Trinajstić information content (AvgIpc) is 2.92. The summed E-state index contributed by atoms with van der Waals surface area (Å²) in [5, 5.41) is 14.5.